The third kappa shape index (κ3) is 5.88. The maximum Gasteiger partial charge on any atom is 0.343 e. The van der Waals surface area contributed by atoms with Gasteiger partial charge in [-0.15, -0.1) is 0 Å². The van der Waals surface area contributed by atoms with Gasteiger partial charge in [-0.1, -0.05) is 29.8 Å². The summed E-state index contributed by atoms with van der Waals surface area (Å²) in [6.45, 7) is 0.562. The predicted octanol–water partition coefficient (Wildman–Crippen LogP) is 4.59. The summed E-state index contributed by atoms with van der Waals surface area (Å²) in [6.07, 6.45) is 1.64. The number of halogens is 1. The van der Waals surface area contributed by atoms with Crippen molar-refractivity contribution in [2.45, 2.75) is 6.54 Å². The van der Waals surface area contributed by atoms with Crippen LogP contribution >= 0.6 is 11.6 Å². The van der Waals surface area contributed by atoms with Crippen LogP contribution in [0.2, 0.25) is 5.02 Å². The number of carbonyl (C=O) groups excluding carboxylic acids is 1. The minimum Gasteiger partial charge on any atom is -0.423 e. The molecule has 0 aliphatic heterocycles. The fourth-order valence-electron chi connectivity index (χ4n) is 2.39. The highest BCUT2D eigenvalue weighted by Crippen LogP contribution is 2.17. The van der Waals surface area contributed by atoms with E-state index in [4.69, 9.17) is 16.3 Å². The van der Waals surface area contributed by atoms with Crippen molar-refractivity contribution >= 4 is 29.5 Å². The molecule has 0 unspecified atom stereocenters. The van der Waals surface area contributed by atoms with Gasteiger partial charge < -0.3 is 10.2 Å². The van der Waals surface area contributed by atoms with E-state index in [1.165, 1.54) is 24.3 Å². The fraction of sp³-hybridized carbons (Fsp3) is 0.0476. The number of ether oxygens (including phenoxy) is 1. The van der Waals surface area contributed by atoms with E-state index in [-0.39, 0.29) is 11.3 Å². The molecule has 7 nitrogen and oxygen atoms in total. The number of nitrogens with zero attached hydrogens (tertiary/aromatic N) is 2. The number of hydrazone groups is 1. The maximum atomic E-state index is 12.2. The van der Waals surface area contributed by atoms with Gasteiger partial charge in [-0.3, -0.25) is 10.1 Å². The van der Waals surface area contributed by atoms with Crippen molar-refractivity contribution in [3.05, 3.63) is 105 Å². The molecular formula is C21H16ClN3O4. The van der Waals surface area contributed by atoms with Crippen LogP contribution in [0.3, 0.4) is 0 Å². The molecule has 0 saturated carbocycles. The van der Waals surface area contributed by atoms with Crippen LogP contribution in [0.25, 0.3) is 0 Å². The summed E-state index contributed by atoms with van der Waals surface area (Å²) >= 11 is 5.84. The van der Waals surface area contributed by atoms with Gasteiger partial charge in [0, 0.05) is 17.2 Å². The Labute approximate surface area is 171 Å². The van der Waals surface area contributed by atoms with Crippen molar-refractivity contribution < 1.29 is 14.5 Å². The second-order valence-electron chi connectivity index (χ2n) is 5.99. The summed E-state index contributed by atoms with van der Waals surface area (Å²) in [5, 5.41) is 15.6. The Balaban J connectivity index is 1.54. The molecule has 1 N–H and O–H groups in total. The SMILES string of the molecule is O=C(Oc1ccc(/C=N/NCc2ccc(Cl)cc2)cc1)c1cccc([N+](=O)[O-])c1. The number of nitro groups is 1. The van der Waals surface area contributed by atoms with Gasteiger partial charge in [-0.05, 0) is 53.6 Å². The highest BCUT2D eigenvalue weighted by molar-refractivity contribution is 6.30. The Morgan fingerprint density at radius 1 is 1.10 bits per heavy atom. The first-order valence-electron chi connectivity index (χ1n) is 8.58. The van der Waals surface area contributed by atoms with Crippen molar-refractivity contribution in [1.29, 1.82) is 0 Å². The molecule has 3 rings (SSSR count). The van der Waals surface area contributed by atoms with Crippen LogP contribution in [-0.2, 0) is 6.54 Å². The number of hydrogen-bond donors (Lipinski definition) is 1. The van der Waals surface area contributed by atoms with Gasteiger partial charge in [0.1, 0.15) is 5.75 Å². The Hall–Kier alpha value is -3.71. The Morgan fingerprint density at radius 2 is 1.83 bits per heavy atom. The van der Waals surface area contributed by atoms with E-state index in [1.54, 1.807) is 30.5 Å². The largest absolute Gasteiger partial charge is 0.423 e. The Kier molecular flexibility index (Phi) is 6.55. The van der Waals surface area contributed by atoms with Crippen LogP contribution in [0.4, 0.5) is 5.69 Å². The highest BCUT2D eigenvalue weighted by Gasteiger charge is 2.13. The summed E-state index contributed by atoms with van der Waals surface area (Å²) in [5.41, 5.74) is 4.74. The molecule has 0 spiro atoms. The maximum absolute atomic E-state index is 12.2. The van der Waals surface area contributed by atoms with Crippen molar-refractivity contribution in [2.75, 3.05) is 0 Å². The van der Waals surface area contributed by atoms with E-state index in [0.717, 1.165) is 11.1 Å². The quantitative estimate of drug-likeness (QED) is 0.202. The zero-order valence-corrected chi connectivity index (χ0v) is 15.9. The smallest absolute Gasteiger partial charge is 0.343 e. The lowest BCUT2D eigenvalue weighted by molar-refractivity contribution is -0.384. The van der Waals surface area contributed by atoms with E-state index in [0.29, 0.717) is 17.3 Å². The first kappa shape index (κ1) is 20.0. The summed E-state index contributed by atoms with van der Waals surface area (Å²) in [7, 11) is 0. The minimum absolute atomic E-state index is 0.108. The number of benzene rings is 3. The van der Waals surface area contributed by atoms with Gasteiger partial charge >= 0.3 is 5.97 Å². The van der Waals surface area contributed by atoms with Crippen LogP contribution in [0.1, 0.15) is 21.5 Å². The van der Waals surface area contributed by atoms with E-state index < -0.39 is 10.9 Å². The van der Waals surface area contributed by atoms with E-state index in [2.05, 4.69) is 10.5 Å². The van der Waals surface area contributed by atoms with Crippen LogP contribution in [-0.4, -0.2) is 17.1 Å². The molecule has 29 heavy (non-hydrogen) atoms. The third-order valence-electron chi connectivity index (χ3n) is 3.88. The topological polar surface area (TPSA) is 93.8 Å². The minimum atomic E-state index is -0.667. The number of esters is 1. The summed E-state index contributed by atoms with van der Waals surface area (Å²) < 4.78 is 5.25. The fourth-order valence-corrected chi connectivity index (χ4v) is 2.52. The van der Waals surface area contributed by atoms with E-state index >= 15 is 0 Å². The number of non-ortho nitro benzene ring substituents is 1. The molecule has 0 radical (unpaired) electrons. The van der Waals surface area contributed by atoms with Gasteiger partial charge in [0.25, 0.3) is 5.69 Å². The van der Waals surface area contributed by atoms with Gasteiger partial charge in [-0.2, -0.15) is 5.10 Å². The first-order valence-corrected chi connectivity index (χ1v) is 8.96. The molecule has 0 aliphatic rings. The Morgan fingerprint density at radius 3 is 2.52 bits per heavy atom. The number of hydrogen-bond acceptors (Lipinski definition) is 6. The lowest BCUT2D eigenvalue weighted by Gasteiger charge is -2.05. The number of nitrogens with one attached hydrogen (secondary N) is 1. The molecule has 0 aromatic heterocycles. The van der Waals surface area contributed by atoms with Gasteiger partial charge in [0.15, 0.2) is 0 Å². The van der Waals surface area contributed by atoms with Gasteiger partial charge in [-0.25, -0.2) is 4.79 Å². The van der Waals surface area contributed by atoms with E-state index in [1.807, 2.05) is 24.3 Å². The van der Waals surface area contributed by atoms with Gasteiger partial charge in [0.05, 0.1) is 23.2 Å². The number of carbonyl (C=O) groups is 1. The lowest BCUT2D eigenvalue weighted by Crippen LogP contribution is -2.09. The van der Waals surface area contributed by atoms with Crippen molar-refractivity contribution in [3.63, 3.8) is 0 Å². The molecule has 0 aliphatic carbocycles. The van der Waals surface area contributed by atoms with Crippen molar-refractivity contribution in [3.8, 4) is 5.75 Å². The van der Waals surface area contributed by atoms with Crippen molar-refractivity contribution in [1.82, 2.24) is 5.43 Å². The zero-order valence-electron chi connectivity index (χ0n) is 15.1. The molecular weight excluding hydrogens is 394 g/mol. The normalized spacial score (nSPS) is 10.7. The summed E-state index contributed by atoms with van der Waals surface area (Å²) in [6, 6.07) is 19.6. The van der Waals surface area contributed by atoms with Crippen molar-refractivity contribution in [2.24, 2.45) is 5.10 Å². The molecule has 0 amide bonds. The average Bonchev–Trinajstić information content (AvgIpc) is 2.73. The number of rotatable bonds is 7. The molecule has 0 atom stereocenters. The Bertz CT molecular complexity index is 1030. The van der Waals surface area contributed by atoms with Crippen LogP contribution in [0, 0.1) is 10.1 Å². The van der Waals surface area contributed by atoms with E-state index in [9.17, 15) is 14.9 Å². The summed E-state index contributed by atoms with van der Waals surface area (Å²) in [4.78, 5) is 22.4. The molecule has 0 fully saturated rings. The predicted molar refractivity (Wildman–Crippen MR) is 110 cm³/mol. The highest BCUT2D eigenvalue weighted by atomic mass is 35.5. The molecule has 146 valence electrons. The molecule has 8 heteroatoms. The average molecular weight is 410 g/mol. The lowest BCUT2D eigenvalue weighted by atomic mass is 10.2. The number of nitro benzene ring substituents is 1. The molecule has 3 aromatic carbocycles. The molecule has 0 saturated heterocycles. The molecule has 3 aromatic rings. The molecule has 0 bridgehead atoms. The second kappa shape index (κ2) is 9.48. The standard InChI is InChI=1S/C21H16ClN3O4/c22-18-8-4-15(5-9-18)13-23-24-14-16-6-10-20(11-7-16)29-21(26)17-2-1-3-19(12-17)25(27)28/h1-12,14,23H,13H2/b24-14+. The second-order valence-corrected chi connectivity index (χ2v) is 6.42. The van der Waals surface area contributed by atoms with Crippen LogP contribution in [0.5, 0.6) is 5.75 Å². The van der Waals surface area contributed by atoms with Crippen LogP contribution in [0.15, 0.2) is 77.9 Å². The zero-order chi connectivity index (χ0) is 20.6. The van der Waals surface area contributed by atoms with Gasteiger partial charge in [0.2, 0.25) is 0 Å². The monoisotopic (exact) mass is 409 g/mol. The summed E-state index contributed by atoms with van der Waals surface area (Å²) in [5.74, 6) is -0.340. The third-order valence-corrected chi connectivity index (χ3v) is 4.14. The molecule has 0 heterocycles. The first-order chi connectivity index (χ1) is 14.0. The van der Waals surface area contributed by atoms with Crippen LogP contribution < -0.4 is 10.2 Å².